The van der Waals surface area contributed by atoms with E-state index in [1.807, 2.05) is 0 Å². The molecule has 0 bridgehead atoms. The van der Waals surface area contributed by atoms with E-state index in [1.54, 1.807) is 16.9 Å². The molecule has 3 N–H and O–H groups in total. The number of sulfonamides is 1. The van der Waals surface area contributed by atoms with E-state index < -0.39 is 10.0 Å². The van der Waals surface area contributed by atoms with Gasteiger partial charge in [0, 0.05) is 32.2 Å². The van der Waals surface area contributed by atoms with Crippen molar-refractivity contribution in [3.05, 3.63) is 12.3 Å². The van der Waals surface area contributed by atoms with E-state index in [0.717, 1.165) is 13.1 Å². The summed E-state index contributed by atoms with van der Waals surface area (Å²) in [6.45, 7) is 2.71. The minimum Gasteiger partial charge on any atom is -0.314 e. The molecule has 3 heterocycles. The van der Waals surface area contributed by atoms with Gasteiger partial charge < -0.3 is 10.6 Å². The van der Waals surface area contributed by atoms with Crippen LogP contribution in [-0.2, 0) is 10.0 Å². The molecule has 2 saturated heterocycles. The number of hydrogen-bond donors (Lipinski definition) is 3. The van der Waals surface area contributed by atoms with E-state index in [2.05, 4.69) is 20.5 Å². The van der Waals surface area contributed by atoms with E-state index in [0.29, 0.717) is 18.9 Å². The van der Waals surface area contributed by atoms with Crippen molar-refractivity contribution in [2.24, 2.45) is 0 Å². The van der Waals surface area contributed by atoms with E-state index in [9.17, 15) is 8.42 Å². The Balaban J connectivity index is 1.78. The number of anilines is 1. The van der Waals surface area contributed by atoms with E-state index in [-0.39, 0.29) is 11.3 Å². The molecule has 0 atom stereocenters. The van der Waals surface area contributed by atoms with Crippen LogP contribution in [0.15, 0.2) is 12.3 Å². The van der Waals surface area contributed by atoms with Gasteiger partial charge in [-0.05, 0) is 0 Å². The SMILES string of the molecule is O=S(=O)(Nc1ccnn1C1CNC1)C1CNC1. The first-order valence-corrected chi connectivity index (χ1v) is 7.18. The Morgan fingerprint density at radius 1 is 1.29 bits per heavy atom. The number of rotatable bonds is 4. The lowest BCUT2D eigenvalue weighted by atomic mass is 10.2. The van der Waals surface area contributed by atoms with Crippen LogP contribution in [0, 0.1) is 0 Å². The Hall–Kier alpha value is -1.12. The van der Waals surface area contributed by atoms with Crippen LogP contribution in [0.5, 0.6) is 0 Å². The molecule has 3 rings (SSSR count). The van der Waals surface area contributed by atoms with Gasteiger partial charge in [-0.25, -0.2) is 13.1 Å². The molecule has 2 fully saturated rings. The zero-order valence-electron chi connectivity index (χ0n) is 9.26. The fraction of sp³-hybridized carbons (Fsp3) is 0.667. The van der Waals surface area contributed by atoms with Crippen LogP contribution in [0.1, 0.15) is 6.04 Å². The second-order valence-corrected chi connectivity index (χ2v) is 6.36. The summed E-state index contributed by atoms with van der Waals surface area (Å²) in [5.74, 6) is 0.559. The normalized spacial score (nSPS) is 21.9. The van der Waals surface area contributed by atoms with Gasteiger partial charge in [0.1, 0.15) is 11.1 Å². The summed E-state index contributed by atoms with van der Waals surface area (Å²) in [6.07, 6.45) is 1.62. The third kappa shape index (κ3) is 1.92. The molecule has 94 valence electrons. The first kappa shape index (κ1) is 11.0. The molecule has 7 nitrogen and oxygen atoms in total. The van der Waals surface area contributed by atoms with Crippen LogP contribution in [-0.4, -0.2) is 49.6 Å². The summed E-state index contributed by atoms with van der Waals surface area (Å²) in [4.78, 5) is 0. The number of hydrogen-bond acceptors (Lipinski definition) is 5. The molecule has 0 radical (unpaired) electrons. The molecular weight excluding hydrogens is 242 g/mol. The lowest BCUT2D eigenvalue weighted by molar-refractivity contribution is 0.322. The molecule has 0 aromatic carbocycles. The minimum atomic E-state index is -3.28. The van der Waals surface area contributed by atoms with Gasteiger partial charge in [-0.15, -0.1) is 0 Å². The largest absolute Gasteiger partial charge is 0.314 e. The lowest BCUT2D eigenvalue weighted by Crippen LogP contribution is -2.53. The van der Waals surface area contributed by atoms with Gasteiger partial charge in [0.25, 0.3) is 0 Å². The van der Waals surface area contributed by atoms with Gasteiger partial charge >= 0.3 is 0 Å². The molecule has 0 amide bonds. The molecule has 0 aliphatic carbocycles. The Morgan fingerprint density at radius 3 is 2.53 bits per heavy atom. The molecular formula is C9H15N5O2S. The standard InChI is InChI=1S/C9H15N5O2S/c15-17(16,8-5-11-6-8)13-9-1-2-12-14(9)7-3-10-4-7/h1-2,7-8,10-11,13H,3-6H2. The minimum absolute atomic E-state index is 0.252. The summed E-state index contributed by atoms with van der Waals surface area (Å²) >= 11 is 0. The Bertz CT molecular complexity index is 503. The molecule has 0 unspecified atom stereocenters. The maximum atomic E-state index is 12.0. The molecule has 2 aliphatic heterocycles. The summed E-state index contributed by atoms with van der Waals surface area (Å²) < 4.78 is 28.3. The highest BCUT2D eigenvalue weighted by molar-refractivity contribution is 7.93. The van der Waals surface area contributed by atoms with Crippen LogP contribution < -0.4 is 15.4 Å². The van der Waals surface area contributed by atoms with Crippen molar-refractivity contribution in [3.63, 3.8) is 0 Å². The predicted molar refractivity (Wildman–Crippen MR) is 63.3 cm³/mol. The van der Waals surface area contributed by atoms with Crippen molar-refractivity contribution in [3.8, 4) is 0 Å². The molecule has 0 saturated carbocycles. The molecule has 2 aliphatic rings. The van der Waals surface area contributed by atoms with E-state index >= 15 is 0 Å². The highest BCUT2D eigenvalue weighted by atomic mass is 32.2. The maximum absolute atomic E-state index is 12.0. The first-order chi connectivity index (χ1) is 8.17. The van der Waals surface area contributed by atoms with Gasteiger partial charge in [-0.3, -0.25) is 4.72 Å². The zero-order chi connectivity index (χ0) is 11.9. The molecule has 1 aromatic rings. The monoisotopic (exact) mass is 257 g/mol. The van der Waals surface area contributed by atoms with Crippen LogP contribution in [0.25, 0.3) is 0 Å². The van der Waals surface area contributed by atoms with Crippen LogP contribution in [0.2, 0.25) is 0 Å². The molecule has 17 heavy (non-hydrogen) atoms. The predicted octanol–water partition coefficient (Wildman–Crippen LogP) is -1.26. The second kappa shape index (κ2) is 3.97. The summed E-state index contributed by atoms with van der Waals surface area (Å²) in [7, 11) is -3.28. The third-order valence-corrected chi connectivity index (χ3v) is 4.91. The van der Waals surface area contributed by atoms with Crippen molar-refractivity contribution in [1.82, 2.24) is 20.4 Å². The zero-order valence-corrected chi connectivity index (χ0v) is 10.1. The van der Waals surface area contributed by atoms with E-state index in [4.69, 9.17) is 0 Å². The van der Waals surface area contributed by atoms with Crippen LogP contribution in [0.4, 0.5) is 5.82 Å². The molecule has 1 aromatic heterocycles. The van der Waals surface area contributed by atoms with Crippen LogP contribution in [0.3, 0.4) is 0 Å². The summed E-state index contributed by atoms with van der Waals surface area (Å²) in [5.41, 5.74) is 0. The lowest BCUT2D eigenvalue weighted by Gasteiger charge is -2.30. The third-order valence-electron chi connectivity index (χ3n) is 3.21. The quantitative estimate of drug-likeness (QED) is 0.627. The smallest absolute Gasteiger partial charge is 0.239 e. The van der Waals surface area contributed by atoms with E-state index in [1.165, 1.54) is 0 Å². The maximum Gasteiger partial charge on any atom is 0.239 e. The highest BCUT2D eigenvalue weighted by Gasteiger charge is 2.32. The number of nitrogens with zero attached hydrogens (tertiary/aromatic N) is 2. The first-order valence-electron chi connectivity index (χ1n) is 5.63. The number of aromatic nitrogens is 2. The number of nitrogens with one attached hydrogen (secondary N) is 3. The summed E-state index contributed by atoms with van der Waals surface area (Å²) in [6, 6.07) is 1.95. The fourth-order valence-corrected chi connectivity index (χ4v) is 3.14. The average Bonchev–Trinajstić information content (AvgIpc) is 2.44. The van der Waals surface area contributed by atoms with Crippen molar-refractivity contribution >= 4 is 15.8 Å². The van der Waals surface area contributed by atoms with Gasteiger partial charge in [0.2, 0.25) is 10.0 Å². The highest BCUT2D eigenvalue weighted by Crippen LogP contribution is 2.20. The average molecular weight is 257 g/mol. The van der Waals surface area contributed by atoms with Crippen LogP contribution >= 0.6 is 0 Å². The van der Waals surface area contributed by atoms with Gasteiger partial charge in [-0.2, -0.15) is 5.10 Å². The molecule has 8 heteroatoms. The van der Waals surface area contributed by atoms with Gasteiger partial charge in [-0.1, -0.05) is 0 Å². The Kier molecular flexibility index (Phi) is 2.57. The van der Waals surface area contributed by atoms with Crippen molar-refractivity contribution in [1.29, 1.82) is 0 Å². The Morgan fingerprint density at radius 2 is 2.00 bits per heavy atom. The van der Waals surface area contributed by atoms with Gasteiger partial charge in [0.05, 0.1) is 12.2 Å². The van der Waals surface area contributed by atoms with Crippen molar-refractivity contribution in [2.75, 3.05) is 30.9 Å². The summed E-state index contributed by atoms with van der Waals surface area (Å²) in [5, 5.41) is 9.92. The van der Waals surface area contributed by atoms with Gasteiger partial charge in [0.15, 0.2) is 0 Å². The topological polar surface area (TPSA) is 88.0 Å². The Labute approximate surface area is 99.6 Å². The molecule has 0 spiro atoms. The fourth-order valence-electron chi connectivity index (χ4n) is 1.84. The van der Waals surface area contributed by atoms with Crippen molar-refractivity contribution in [2.45, 2.75) is 11.3 Å². The second-order valence-electron chi connectivity index (χ2n) is 4.40. The van der Waals surface area contributed by atoms with Crippen molar-refractivity contribution < 1.29 is 8.42 Å².